The van der Waals surface area contributed by atoms with Crippen LogP contribution in [-0.2, 0) is 14.3 Å². The van der Waals surface area contributed by atoms with Crippen molar-refractivity contribution in [3.05, 3.63) is 113 Å². The fourth-order valence-corrected chi connectivity index (χ4v) is 5.36. The molecule has 5 heterocycles. The Balaban J connectivity index is 0.000000173. The quantitative estimate of drug-likeness (QED) is 0.150. The van der Waals surface area contributed by atoms with E-state index in [1.165, 1.54) is 24.9 Å². The first-order valence-electron chi connectivity index (χ1n) is 14.0. The predicted octanol–water partition coefficient (Wildman–Crippen LogP) is 4.50. The molecule has 2 amide bonds. The number of methoxy groups -OCH3 is 2. The van der Waals surface area contributed by atoms with Gasteiger partial charge in [-0.1, -0.05) is 24.3 Å². The van der Waals surface area contributed by atoms with Crippen molar-refractivity contribution in [2.45, 2.75) is 0 Å². The molecule has 0 radical (unpaired) electrons. The fourth-order valence-electron chi connectivity index (χ4n) is 4.69. The normalized spacial score (nSPS) is 13.2. The minimum Gasteiger partial charge on any atom is -0.465 e. The maximum absolute atomic E-state index is 11.8. The second-order valence-corrected chi connectivity index (χ2v) is 11.0. The summed E-state index contributed by atoms with van der Waals surface area (Å²) in [7, 11) is 2.66. The number of nitrogens with one attached hydrogen (secondary N) is 1. The molecule has 0 atom stereocenters. The van der Waals surface area contributed by atoms with Crippen LogP contribution in [0, 0.1) is 0 Å². The first-order valence-corrected chi connectivity index (χ1v) is 14.9. The molecule has 0 unspecified atom stereocenters. The zero-order chi connectivity index (χ0) is 33.8. The van der Waals surface area contributed by atoms with Gasteiger partial charge in [0, 0.05) is 29.1 Å². The van der Waals surface area contributed by atoms with Crippen LogP contribution in [0.4, 0.5) is 4.79 Å². The van der Waals surface area contributed by atoms with Crippen LogP contribution >= 0.6 is 11.8 Å². The first kappa shape index (κ1) is 31.5. The Labute approximate surface area is 275 Å². The summed E-state index contributed by atoms with van der Waals surface area (Å²) in [4.78, 5) is 66.6. The van der Waals surface area contributed by atoms with E-state index < -0.39 is 23.1 Å². The van der Waals surface area contributed by atoms with Crippen LogP contribution in [0.5, 0.6) is 0 Å². The number of thioether (sulfide) groups is 1. The summed E-state index contributed by atoms with van der Waals surface area (Å²) in [6, 6.07) is 17.4. The van der Waals surface area contributed by atoms with Gasteiger partial charge in [0.2, 0.25) is 0 Å². The van der Waals surface area contributed by atoms with Gasteiger partial charge in [-0.2, -0.15) is 10.2 Å². The van der Waals surface area contributed by atoms with Gasteiger partial charge in [-0.3, -0.25) is 19.7 Å². The van der Waals surface area contributed by atoms with Gasteiger partial charge >= 0.3 is 11.9 Å². The van der Waals surface area contributed by atoms with Gasteiger partial charge in [-0.25, -0.2) is 28.6 Å². The van der Waals surface area contributed by atoms with Crippen LogP contribution < -0.4 is 5.32 Å². The van der Waals surface area contributed by atoms with Gasteiger partial charge in [-0.05, 0) is 54.2 Å². The van der Waals surface area contributed by atoms with Crippen molar-refractivity contribution in [2.75, 3.05) is 14.2 Å². The number of esters is 2. The number of aromatic nitrogens is 6. The van der Waals surface area contributed by atoms with Crippen LogP contribution in [0.15, 0.2) is 90.4 Å². The van der Waals surface area contributed by atoms with E-state index in [-0.39, 0.29) is 4.91 Å². The third-order valence-electron chi connectivity index (χ3n) is 7.01. The highest BCUT2D eigenvalue weighted by molar-refractivity contribution is 8.18. The van der Waals surface area contributed by atoms with Crippen LogP contribution in [0.1, 0.15) is 36.6 Å². The van der Waals surface area contributed by atoms with Gasteiger partial charge in [-0.15, -0.1) is 0 Å². The molecule has 1 aliphatic heterocycles. The van der Waals surface area contributed by atoms with Crippen molar-refractivity contribution in [3.63, 3.8) is 0 Å². The number of ether oxygens (including phenoxy) is 2. The van der Waals surface area contributed by atoms with E-state index in [1.807, 2.05) is 12.1 Å². The molecule has 0 aliphatic carbocycles. The SMILES string of the molecule is COC(=O)c1cccc(-c2ccn3ncc(/C=C4\SC(=O)NC4=O)c3n2)c1.COC(=O)c1cccc(-c2ccn3ncc(C=O)c3n2)c1. The van der Waals surface area contributed by atoms with Crippen molar-refractivity contribution in [1.29, 1.82) is 0 Å². The molecule has 2 aromatic carbocycles. The Morgan fingerprint density at radius 2 is 1.29 bits per heavy atom. The predicted molar refractivity (Wildman–Crippen MR) is 174 cm³/mol. The van der Waals surface area contributed by atoms with E-state index in [2.05, 4.69) is 25.5 Å². The Morgan fingerprint density at radius 3 is 1.77 bits per heavy atom. The average molecular weight is 662 g/mol. The largest absolute Gasteiger partial charge is 0.465 e. The summed E-state index contributed by atoms with van der Waals surface area (Å²) in [6.07, 6.45) is 8.77. The highest BCUT2D eigenvalue weighted by Crippen LogP contribution is 2.27. The maximum atomic E-state index is 11.8. The number of fused-ring (bicyclic) bond motifs is 2. The molecule has 14 nitrogen and oxygen atoms in total. The van der Waals surface area contributed by atoms with Crippen molar-refractivity contribution in [2.24, 2.45) is 0 Å². The summed E-state index contributed by atoms with van der Waals surface area (Å²) >= 11 is 0.834. The van der Waals surface area contributed by atoms with Gasteiger partial charge in [0.1, 0.15) is 0 Å². The molecule has 1 saturated heterocycles. The molecule has 0 bridgehead atoms. The van der Waals surface area contributed by atoms with E-state index in [1.54, 1.807) is 77.7 Å². The minimum absolute atomic E-state index is 0.287. The number of carbonyl (C=O) groups excluding carboxylic acids is 5. The lowest BCUT2D eigenvalue weighted by Crippen LogP contribution is -2.17. The highest BCUT2D eigenvalue weighted by Gasteiger charge is 2.25. The zero-order valence-corrected chi connectivity index (χ0v) is 26.0. The van der Waals surface area contributed by atoms with Crippen LogP contribution in [0.2, 0.25) is 0 Å². The molecule has 1 N–H and O–H groups in total. The van der Waals surface area contributed by atoms with E-state index in [4.69, 9.17) is 9.47 Å². The second kappa shape index (κ2) is 13.5. The molecule has 1 fully saturated rings. The molecule has 15 heteroatoms. The molecule has 0 spiro atoms. The maximum Gasteiger partial charge on any atom is 0.337 e. The number of carbonyl (C=O) groups is 5. The van der Waals surface area contributed by atoms with E-state index >= 15 is 0 Å². The van der Waals surface area contributed by atoms with Gasteiger partial charge in [0.25, 0.3) is 11.1 Å². The average Bonchev–Trinajstić information content (AvgIpc) is 3.83. The minimum atomic E-state index is -0.439. The lowest BCUT2D eigenvalue weighted by molar-refractivity contribution is -0.115. The van der Waals surface area contributed by atoms with Gasteiger partial charge < -0.3 is 9.47 Å². The van der Waals surface area contributed by atoms with Crippen LogP contribution in [0.3, 0.4) is 0 Å². The fraction of sp³-hybridized carbons (Fsp3) is 0.0606. The number of hydrogen-bond acceptors (Lipinski definition) is 12. The summed E-state index contributed by atoms with van der Waals surface area (Å²) in [6.45, 7) is 0. The topological polar surface area (TPSA) is 176 Å². The molecule has 7 rings (SSSR count). The number of benzene rings is 2. The second-order valence-electron chi connectivity index (χ2n) is 9.98. The van der Waals surface area contributed by atoms with Crippen molar-refractivity contribution in [3.8, 4) is 22.5 Å². The van der Waals surface area contributed by atoms with Crippen molar-refractivity contribution in [1.82, 2.24) is 34.5 Å². The summed E-state index contributed by atoms with van der Waals surface area (Å²) in [5.74, 6) is -1.27. The van der Waals surface area contributed by atoms with Crippen LogP contribution in [-0.4, -0.2) is 72.8 Å². The number of nitrogens with zero attached hydrogens (tertiary/aromatic N) is 6. The smallest absolute Gasteiger partial charge is 0.337 e. The number of rotatable bonds is 6. The van der Waals surface area contributed by atoms with Crippen molar-refractivity contribution < 1.29 is 33.4 Å². The Bertz CT molecular complexity index is 2290. The first-order chi connectivity index (χ1) is 23.3. The third kappa shape index (κ3) is 6.43. The number of imide groups is 1. The Hall–Kier alpha value is -6.48. The van der Waals surface area contributed by atoms with Crippen molar-refractivity contribution >= 4 is 58.5 Å². The Morgan fingerprint density at radius 1 is 0.771 bits per heavy atom. The van der Waals surface area contributed by atoms with E-state index in [0.29, 0.717) is 51.2 Å². The number of amides is 2. The molecular formula is C33H23N7O7S. The number of hydrogen-bond donors (Lipinski definition) is 1. The lowest BCUT2D eigenvalue weighted by Gasteiger charge is -2.05. The molecule has 1 aliphatic rings. The van der Waals surface area contributed by atoms with E-state index in [0.717, 1.165) is 22.9 Å². The molecular weight excluding hydrogens is 638 g/mol. The van der Waals surface area contributed by atoms with E-state index in [9.17, 15) is 24.0 Å². The number of aldehydes is 1. The summed E-state index contributed by atoms with van der Waals surface area (Å²) in [5.41, 5.74) is 5.68. The Kier molecular flexibility index (Phi) is 8.85. The molecule has 48 heavy (non-hydrogen) atoms. The third-order valence-corrected chi connectivity index (χ3v) is 7.82. The zero-order valence-electron chi connectivity index (χ0n) is 25.2. The summed E-state index contributed by atoms with van der Waals surface area (Å²) < 4.78 is 12.5. The lowest BCUT2D eigenvalue weighted by atomic mass is 10.1. The highest BCUT2D eigenvalue weighted by atomic mass is 32.2. The summed E-state index contributed by atoms with van der Waals surface area (Å²) in [5, 5.41) is 10.0. The van der Waals surface area contributed by atoms with Gasteiger partial charge in [0.05, 0.1) is 59.6 Å². The molecule has 4 aromatic heterocycles. The molecule has 6 aromatic rings. The monoisotopic (exact) mass is 661 g/mol. The van der Waals surface area contributed by atoms with Gasteiger partial charge in [0.15, 0.2) is 17.6 Å². The molecule has 0 saturated carbocycles. The molecule has 238 valence electrons. The van der Waals surface area contributed by atoms with Crippen LogP contribution in [0.25, 0.3) is 39.9 Å². The standard InChI is InChI=1S/C18H12N4O4S.C15H11N3O3/c1-26-17(24)11-4-2-3-10(7-11)13-5-6-22-15(20-13)12(9-19-22)8-14-16(23)21-18(25)27-14;1-21-15(20)11-4-2-3-10(7-11)13-5-6-18-14(17-13)12(9-19)8-16-18/h2-9H,1H3,(H,21,23,25);2-9H,1H3/b14-8-;.